The van der Waals surface area contributed by atoms with Crippen LogP contribution in [0.2, 0.25) is 0 Å². The number of unbranched alkanes of at least 4 members (excludes halogenated alkanes) is 23. The molecule has 129 heavy (non-hydrogen) atoms. The average molecular weight is 1820 g/mol. The van der Waals surface area contributed by atoms with E-state index in [1.54, 1.807) is 38.1 Å². The lowest BCUT2D eigenvalue weighted by Gasteiger charge is -2.14. The van der Waals surface area contributed by atoms with Crippen LogP contribution in [-0.4, -0.2) is 190 Å². The van der Waals surface area contributed by atoms with Crippen molar-refractivity contribution in [1.82, 2.24) is 31.9 Å². The van der Waals surface area contributed by atoms with Gasteiger partial charge in [0, 0.05) is 76.0 Å². The van der Waals surface area contributed by atoms with Gasteiger partial charge in [0.2, 0.25) is 35.4 Å². The largest absolute Gasteiger partial charge is 0.494 e. The molecular formula is C97H167N11O21. The van der Waals surface area contributed by atoms with Crippen molar-refractivity contribution >= 4 is 88.2 Å². The van der Waals surface area contributed by atoms with Crippen LogP contribution in [0.15, 0.2) is 48.5 Å². The molecule has 32 heteroatoms. The van der Waals surface area contributed by atoms with Gasteiger partial charge >= 0.3 is 23.9 Å². The Morgan fingerprint density at radius 1 is 0.326 bits per heavy atom. The summed E-state index contributed by atoms with van der Waals surface area (Å²) in [5, 5.41) is 53.3. The summed E-state index contributed by atoms with van der Waals surface area (Å²) < 4.78 is 11.3. The number of Topliss-reactive ketones (excluding diaryl/α,β-unsaturated/α-hetero) is 5. The standard InChI is InChI=1S/C44H74N6O10.C40H67N5O9.C7H14O.C6H12O/c1-32(51)36(45)19-13-15-29-48-42(55)38(47)21-14-16-30-49-41(54)37(46)20-11-9-10-18-34(52)25-28-39(44(58)59)50-40(53)22-12-7-5-3-2-4-6-8-17-31-60-35-26-23-33(24-27-35)43(56)57;1-2-27-43-37(48)34(42)19-14-15-28-44-38(49)33(41)18-12-10-11-17-31(46)23-26-35(40(52)53)45-36(47)20-13-8-6-4-3-5-7-9-16-29-54-32-24-21-30(22-25-32)39(50)51;1-4-5-6(2)7(3)8;1-5(7)6(2,3)4/h23-24,26-27,36-39H,2-22,25,28-31,45-47H2,1H3,(H,48,55)(H,49,54)(H,50,53)(H,56,57)(H,58,59);21-22,24-25,33-35H,2-20,23,26-29,41-42H2,1H3,(H,43,48)(H,44,49)(H,45,47)(H,50,51)(H,52,53);6H,4-5H2,1-3H3;1-4H3/t36-,37-,38-,39?;33-,34-,35-;6-;/m000./s1. The molecule has 6 amide bonds. The number of ketones is 5. The van der Waals surface area contributed by atoms with Crippen LogP contribution >= 0.6 is 0 Å². The molecule has 0 aliphatic rings. The molecule has 2 aromatic rings. The fourth-order valence-electron chi connectivity index (χ4n) is 12.9. The van der Waals surface area contributed by atoms with Crippen molar-refractivity contribution in [2.24, 2.45) is 40.0 Å². The number of hydrogen-bond donors (Lipinski definition) is 15. The van der Waals surface area contributed by atoms with Gasteiger partial charge in [0.1, 0.15) is 52.5 Å². The summed E-state index contributed by atoms with van der Waals surface area (Å²) in [5.41, 5.74) is 29.9. The summed E-state index contributed by atoms with van der Waals surface area (Å²) in [4.78, 5) is 176. The minimum Gasteiger partial charge on any atom is -0.494 e. The van der Waals surface area contributed by atoms with E-state index in [1.807, 2.05) is 34.6 Å². The molecule has 8 atom stereocenters. The molecule has 32 nitrogen and oxygen atoms in total. The van der Waals surface area contributed by atoms with Gasteiger partial charge in [-0.3, -0.25) is 52.7 Å². The lowest BCUT2D eigenvalue weighted by Crippen LogP contribution is -2.42. The van der Waals surface area contributed by atoms with Crippen molar-refractivity contribution < 1.29 is 102 Å². The maximum absolute atomic E-state index is 12.4. The third-order valence-corrected chi connectivity index (χ3v) is 22.1. The topological polar surface area (TPSA) is 558 Å². The minimum atomic E-state index is -1.16. The van der Waals surface area contributed by atoms with E-state index in [4.69, 9.17) is 48.4 Å². The van der Waals surface area contributed by atoms with Crippen LogP contribution in [0.3, 0.4) is 0 Å². The average Bonchev–Trinajstić information content (AvgIpc) is 0.897. The first-order valence-electron chi connectivity index (χ1n) is 47.7. The summed E-state index contributed by atoms with van der Waals surface area (Å²) in [6.07, 6.45) is 33.0. The lowest BCUT2D eigenvalue weighted by molar-refractivity contribution is -0.142. The number of carboxylic acid groups (broad SMARTS) is 4. The van der Waals surface area contributed by atoms with Gasteiger partial charge in [0.05, 0.1) is 54.5 Å². The Labute approximate surface area is 768 Å². The number of nitrogens with two attached hydrogens (primary N) is 5. The lowest BCUT2D eigenvalue weighted by atomic mass is 9.92. The van der Waals surface area contributed by atoms with Gasteiger partial charge in [-0.25, -0.2) is 19.2 Å². The molecular weight excluding hydrogens is 1660 g/mol. The van der Waals surface area contributed by atoms with Crippen molar-refractivity contribution in [3.8, 4) is 11.5 Å². The van der Waals surface area contributed by atoms with Crippen molar-refractivity contribution in [3.63, 3.8) is 0 Å². The van der Waals surface area contributed by atoms with Crippen molar-refractivity contribution in [2.45, 2.75) is 400 Å². The number of carbonyl (C=O) groups excluding carboxylic acids is 11. The van der Waals surface area contributed by atoms with Gasteiger partial charge in [-0.1, -0.05) is 164 Å². The molecule has 0 radical (unpaired) electrons. The van der Waals surface area contributed by atoms with Crippen LogP contribution in [0.4, 0.5) is 0 Å². The number of benzene rings is 2. The Hall–Kier alpha value is -9.11. The van der Waals surface area contributed by atoms with Crippen LogP contribution in [0.5, 0.6) is 11.5 Å². The Morgan fingerprint density at radius 2 is 0.597 bits per heavy atom. The normalized spacial score (nSPS) is 12.8. The number of amides is 6. The molecule has 0 aliphatic carbocycles. The smallest absolute Gasteiger partial charge is 0.335 e. The fraction of sp³-hybridized carbons (Fsp3) is 0.722. The summed E-state index contributed by atoms with van der Waals surface area (Å²) in [7, 11) is 0. The second kappa shape index (κ2) is 77.6. The summed E-state index contributed by atoms with van der Waals surface area (Å²) >= 11 is 0. The number of aliphatic carboxylic acids is 2. The van der Waals surface area contributed by atoms with Gasteiger partial charge in [-0.05, 0) is 204 Å². The Kier molecular flexibility index (Phi) is 73.4. The molecule has 0 heterocycles. The van der Waals surface area contributed by atoms with Crippen molar-refractivity contribution in [3.05, 3.63) is 59.7 Å². The first-order chi connectivity index (χ1) is 61.3. The third-order valence-electron chi connectivity index (χ3n) is 22.1. The zero-order valence-corrected chi connectivity index (χ0v) is 79.6. The van der Waals surface area contributed by atoms with Crippen LogP contribution < -0.4 is 70.0 Å². The molecule has 2 rings (SSSR count). The Bertz CT molecular complexity index is 3490. The molecule has 0 saturated carbocycles. The summed E-state index contributed by atoms with van der Waals surface area (Å²) in [5.74, 6) is -3.75. The van der Waals surface area contributed by atoms with E-state index < -0.39 is 66.2 Å². The van der Waals surface area contributed by atoms with E-state index in [-0.39, 0.29) is 120 Å². The SMILES string of the molecule is CC(=O)C(C)(C)C.CC(=O)[C@@H](N)CCCCNC(=O)[C@@H](N)CCCCNC(=O)[C@@H](N)CCCCCC(=O)CCC(NC(=O)CCCCCCCCCCCOc1ccc(C(=O)O)cc1)C(=O)O.CCCNC(=O)[C@@H](N)CCCCNC(=O)[C@@H](N)CCCCCC(=O)CC[C@H](NC(=O)CCCCCCCCCCCOc1ccc(C(=O)O)cc1)C(=O)O.CCC[C@H](C)C(C)=O. The summed E-state index contributed by atoms with van der Waals surface area (Å²) in [6, 6.07) is 7.61. The second-order valence-corrected chi connectivity index (χ2v) is 34.9. The molecule has 1 unspecified atom stereocenters. The highest BCUT2D eigenvalue weighted by Crippen LogP contribution is 2.20. The number of ether oxygens (including phenoxy) is 2. The van der Waals surface area contributed by atoms with E-state index in [1.165, 1.54) is 31.2 Å². The number of carbonyl (C=O) groups is 15. The molecule has 0 bridgehead atoms. The van der Waals surface area contributed by atoms with Crippen molar-refractivity contribution in [2.75, 3.05) is 39.4 Å². The zero-order chi connectivity index (χ0) is 97.2. The molecule has 736 valence electrons. The molecule has 0 fully saturated rings. The van der Waals surface area contributed by atoms with E-state index in [2.05, 4.69) is 38.8 Å². The number of hydrogen-bond acceptors (Lipinski definition) is 22. The van der Waals surface area contributed by atoms with Gasteiger partial charge in [0.25, 0.3) is 0 Å². The van der Waals surface area contributed by atoms with Crippen LogP contribution in [0.25, 0.3) is 0 Å². The van der Waals surface area contributed by atoms with Gasteiger partial charge in [0.15, 0.2) is 0 Å². The van der Waals surface area contributed by atoms with Crippen LogP contribution in [-0.2, 0) is 62.3 Å². The van der Waals surface area contributed by atoms with Crippen LogP contribution in [0, 0.1) is 11.3 Å². The van der Waals surface area contributed by atoms with Crippen LogP contribution in [0.1, 0.15) is 378 Å². The maximum atomic E-state index is 12.4. The molecule has 20 N–H and O–H groups in total. The zero-order valence-electron chi connectivity index (χ0n) is 79.6. The molecule has 2 aromatic carbocycles. The number of aromatic carboxylic acids is 2. The van der Waals surface area contributed by atoms with E-state index >= 15 is 0 Å². The van der Waals surface area contributed by atoms with E-state index in [0.717, 1.165) is 135 Å². The monoisotopic (exact) mass is 1820 g/mol. The predicted octanol–water partition coefficient (Wildman–Crippen LogP) is 13.3. The first kappa shape index (κ1) is 122. The minimum absolute atomic E-state index is 0.0378. The number of nitrogens with one attached hydrogen (secondary N) is 6. The predicted molar refractivity (Wildman–Crippen MR) is 503 cm³/mol. The first-order valence-corrected chi connectivity index (χ1v) is 47.7. The fourth-order valence-corrected chi connectivity index (χ4v) is 12.9. The number of rotatable bonds is 75. The highest BCUT2D eigenvalue weighted by molar-refractivity contribution is 5.89. The molecule has 0 aromatic heterocycles. The molecule has 0 aliphatic heterocycles. The maximum Gasteiger partial charge on any atom is 0.335 e. The Morgan fingerprint density at radius 3 is 0.860 bits per heavy atom. The van der Waals surface area contributed by atoms with Gasteiger partial charge in [-0.15, -0.1) is 0 Å². The highest BCUT2D eigenvalue weighted by atomic mass is 16.5. The van der Waals surface area contributed by atoms with Crippen molar-refractivity contribution in [1.29, 1.82) is 0 Å². The molecule has 0 spiro atoms. The quantitative estimate of drug-likeness (QED) is 0.0274. The van der Waals surface area contributed by atoms with E-state index in [0.29, 0.717) is 179 Å². The highest BCUT2D eigenvalue weighted by Gasteiger charge is 2.25. The summed E-state index contributed by atoms with van der Waals surface area (Å²) in [6.45, 7) is 19.7. The second-order valence-electron chi connectivity index (χ2n) is 34.9. The molecule has 0 saturated heterocycles. The third kappa shape index (κ3) is 70.4. The Balaban J connectivity index is 0. The van der Waals surface area contributed by atoms with Gasteiger partial charge in [-0.2, -0.15) is 0 Å². The van der Waals surface area contributed by atoms with Gasteiger partial charge < -0.3 is 90.5 Å². The number of carboxylic acids is 4. The van der Waals surface area contributed by atoms with E-state index in [9.17, 15) is 82.1 Å².